The highest BCUT2D eigenvalue weighted by Gasteiger charge is 2.17. The van der Waals surface area contributed by atoms with E-state index in [0.717, 1.165) is 26.2 Å². The van der Waals surface area contributed by atoms with Crippen LogP contribution in [0.15, 0.2) is 18.2 Å². The third kappa shape index (κ3) is 3.65. The van der Waals surface area contributed by atoms with E-state index in [9.17, 15) is 9.50 Å². The van der Waals surface area contributed by atoms with E-state index in [1.54, 1.807) is 12.1 Å². The summed E-state index contributed by atoms with van der Waals surface area (Å²) in [4.78, 5) is 2.18. The van der Waals surface area contributed by atoms with E-state index in [-0.39, 0.29) is 12.2 Å². The van der Waals surface area contributed by atoms with Crippen LogP contribution in [-0.4, -0.2) is 48.8 Å². The molecule has 0 amide bonds. The largest absolute Gasteiger partial charge is 0.391 e. The number of rotatable bonds is 4. The summed E-state index contributed by atoms with van der Waals surface area (Å²) in [6.45, 7) is 4.27. The van der Waals surface area contributed by atoms with Crippen LogP contribution in [-0.2, 0) is 6.42 Å². The van der Waals surface area contributed by atoms with E-state index >= 15 is 0 Å². The fourth-order valence-electron chi connectivity index (χ4n) is 2.22. The third-order valence-electron chi connectivity index (χ3n) is 3.18. The lowest BCUT2D eigenvalue weighted by Gasteiger charge is -2.29. The average Bonchev–Trinajstić information content (AvgIpc) is 2.35. The van der Waals surface area contributed by atoms with Gasteiger partial charge in [-0.3, -0.25) is 4.90 Å². The SMILES string of the molecule is OC(Cc1c(F)cccc1Cl)CN1CCNCC1. The van der Waals surface area contributed by atoms with E-state index in [1.165, 1.54) is 6.07 Å². The number of hydrogen-bond donors (Lipinski definition) is 2. The predicted octanol–water partition coefficient (Wildman–Crippen LogP) is 1.29. The monoisotopic (exact) mass is 272 g/mol. The molecular weight excluding hydrogens is 255 g/mol. The minimum Gasteiger partial charge on any atom is -0.391 e. The summed E-state index contributed by atoms with van der Waals surface area (Å²) in [5, 5.41) is 13.7. The molecule has 100 valence electrons. The van der Waals surface area contributed by atoms with E-state index < -0.39 is 6.10 Å². The quantitative estimate of drug-likeness (QED) is 0.867. The molecule has 1 aliphatic heterocycles. The number of piperazine rings is 1. The van der Waals surface area contributed by atoms with Gasteiger partial charge in [0.25, 0.3) is 0 Å². The molecule has 1 aromatic rings. The standard InChI is InChI=1S/C13H18ClFN2O/c14-12-2-1-3-13(15)11(12)8-10(18)9-17-6-4-16-5-7-17/h1-3,10,16,18H,4-9H2. The van der Waals surface area contributed by atoms with Crippen molar-refractivity contribution in [1.82, 2.24) is 10.2 Å². The van der Waals surface area contributed by atoms with Gasteiger partial charge in [-0.25, -0.2) is 4.39 Å². The van der Waals surface area contributed by atoms with Gasteiger partial charge < -0.3 is 10.4 Å². The van der Waals surface area contributed by atoms with Crippen molar-refractivity contribution < 1.29 is 9.50 Å². The average molecular weight is 273 g/mol. The van der Waals surface area contributed by atoms with Gasteiger partial charge in [-0.15, -0.1) is 0 Å². The number of nitrogens with zero attached hydrogens (tertiary/aromatic N) is 1. The minimum absolute atomic E-state index is 0.259. The van der Waals surface area contributed by atoms with E-state index in [1.807, 2.05) is 0 Å². The van der Waals surface area contributed by atoms with Crippen LogP contribution >= 0.6 is 11.6 Å². The van der Waals surface area contributed by atoms with Crippen molar-refractivity contribution in [2.45, 2.75) is 12.5 Å². The van der Waals surface area contributed by atoms with Crippen LogP contribution in [0.1, 0.15) is 5.56 Å². The van der Waals surface area contributed by atoms with Crippen molar-refractivity contribution >= 4 is 11.6 Å². The number of benzene rings is 1. The van der Waals surface area contributed by atoms with Gasteiger partial charge in [0.2, 0.25) is 0 Å². The molecule has 1 atom stereocenters. The van der Waals surface area contributed by atoms with Gasteiger partial charge in [-0.1, -0.05) is 17.7 Å². The molecule has 0 bridgehead atoms. The zero-order chi connectivity index (χ0) is 13.0. The fraction of sp³-hybridized carbons (Fsp3) is 0.538. The Morgan fingerprint density at radius 2 is 2.11 bits per heavy atom. The molecule has 1 aliphatic rings. The van der Waals surface area contributed by atoms with E-state index in [2.05, 4.69) is 10.2 Å². The maximum Gasteiger partial charge on any atom is 0.127 e. The Morgan fingerprint density at radius 3 is 2.78 bits per heavy atom. The molecule has 0 saturated carbocycles. The van der Waals surface area contributed by atoms with Gasteiger partial charge in [0.15, 0.2) is 0 Å². The molecule has 3 nitrogen and oxygen atoms in total. The maximum atomic E-state index is 13.6. The molecule has 5 heteroatoms. The molecule has 1 saturated heterocycles. The normalized spacial score (nSPS) is 18.8. The summed E-state index contributed by atoms with van der Waals surface area (Å²) in [6, 6.07) is 4.60. The molecule has 1 aromatic carbocycles. The predicted molar refractivity (Wildman–Crippen MR) is 70.4 cm³/mol. The second-order valence-electron chi connectivity index (χ2n) is 4.61. The highest BCUT2D eigenvalue weighted by molar-refractivity contribution is 6.31. The second kappa shape index (κ2) is 6.48. The Hall–Kier alpha value is -0.680. The summed E-state index contributed by atoms with van der Waals surface area (Å²) in [5.41, 5.74) is 0.404. The third-order valence-corrected chi connectivity index (χ3v) is 3.53. The van der Waals surface area contributed by atoms with Crippen molar-refractivity contribution in [3.8, 4) is 0 Å². The molecule has 18 heavy (non-hydrogen) atoms. The first-order valence-corrected chi connectivity index (χ1v) is 6.58. The van der Waals surface area contributed by atoms with Crippen LogP contribution < -0.4 is 5.32 Å². The first-order chi connectivity index (χ1) is 8.66. The summed E-state index contributed by atoms with van der Waals surface area (Å²) in [7, 11) is 0. The number of aliphatic hydroxyl groups excluding tert-OH is 1. The lowest BCUT2D eigenvalue weighted by Crippen LogP contribution is -2.46. The van der Waals surface area contributed by atoms with Crippen LogP contribution in [0.25, 0.3) is 0 Å². The zero-order valence-electron chi connectivity index (χ0n) is 10.2. The number of halogens is 2. The van der Waals surface area contributed by atoms with Gasteiger partial charge in [0, 0.05) is 49.7 Å². The van der Waals surface area contributed by atoms with Crippen molar-refractivity contribution in [1.29, 1.82) is 0 Å². The van der Waals surface area contributed by atoms with Crippen LogP contribution in [0.4, 0.5) is 4.39 Å². The molecule has 2 N–H and O–H groups in total. The minimum atomic E-state index is -0.586. The lowest BCUT2D eigenvalue weighted by atomic mass is 10.1. The van der Waals surface area contributed by atoms with Gasteiger partial charge in [-0.05, 0) is 12.1 Å². The molecular formula is C13H18ClFN2O. The summed E-state index contributed by atoms with van der Waals surface area (Å²) < 4.78 is 13.6. The van der Waals surface area contributed by atoms with Crippen LogP contribution in [0.5, 0.6) is 0 Å². The molecule has 0 aliphatic carbocycles. The first kappa shape index (κ1) is 13.7. The highest BCUT2D eigenvalue weighted by atomic mass is 35.5. The lowest BCUT2D eigenvalue weighted by molar-refractivity contribution is 0.104. The fourth-order valence-corrected chi connectivity index (χ4v) is 2.46. The highest BCUT2D eigenvalue weighted by Crippen LogP contribution is 2.20. The Bertz CT molecular complexity index is 376. The van der Waals surface area contributed by atoms with Gasteiger partial charge in [-0.2, -0.15) is 0 Å². The Balaban J connectivity index is 1.92. The van der Waals surface area contributed by atoms with Gasteiger partial charge >= 0.3 is 0 Å². The molecule has 2 rings (SSSR count). The van der Waals surface area contributed by atoms with Gasteiger partial charge in [0.1, 0.15) is 5.82 Å². The second-order valence-corrected chi connectivity index (χ2v) is 5.02. The number of aliphatic hydroxyl groups is 1. The van der Waals surface area contributed by atoms with Crippen molar-refractivity contribution in [3.05, 3.63) is 34.6 Å². The van der Waals surface area contributed by atoms with Crippen molar-refractivity contribution in [2.24, 2.45) is 0 Å². The first-order valence-electron chi connectivity index (χ1n) is 6.21. The molecule has 0 radical (unpaired) electrons. The van der Waals surface area contributed by atoms with E-state index in [0.29, 0.717) is 17.1 Å². The van der Waals surface area contributed by atoms with Crippen molar-refractivity contribution in [3.63, 3.8) is 0 Å². The molecule has 0 spiro atoms. The summed E-state index contributed by atoms with van der Waals surface area (Å²) >= 11 is 5.94. The zero-order valence-corrected chi connectivity index (χ0v) is 11.0. The summed E-state index contributed by atoms with van der Waals surface area (Å²) in [6.07, 6.45) is -0.326. The maximum absolute atomic E-state index is 13.6. The van der Waals surface area contributed by atoms with Crippen LogP contribution in [0.3, 0.4) is 0 Å². The number of hydrogen-bond acceptors (Lipinski definition) is 3. The molecule has 1 heterocycles. The topological polar surface area (TPSA) is 35.5 Å². The Morgan fingerprint density at radius 1 is 1.39 bits per heavy atom. The van der Waals surface area contributed by atoms with Crippen molar-refractivity contribution in [2.75, 3.05) is 32.7 Å². The smallest absolute Gasteiger partial charge is 0.127 e. The van der Waals surface area contributed by atoms with Gasteiger partial charge in [0.05, 0.1) is 6.10 Å². The van der Waals surface area contributed by atoms with Crippen LogP contribution in [0, 0.1) is 5.82 Å². The molecule has 1 unspecified atom stereocenters. The number of nitrogens with one attached hydrogen (secondary N) is 1. The Kier molecular flexibility index (Phi) is 4.95. The molecule has 1 fully saturated rings. The molecule has 0 aromatic heterocycles. The summed E-state index contributed by atoms with van der Waals surface area (Å²) in [5.74, 6) is -0.345. The van der Waals surface area contributed by atoms with E-state index in [4.69, 9.17) is 11.6 Å². The number of β-amino-alcohol motifs (C(OH)–C–C–N with tert-alkyl or cyclic N) is 1. The Labute approximate surface area is 112 Å². The van der Waals surface area contributed by atoms with Crippen LogP contribution in [0.2, 0.25) is 5.02 Å².